The zero-order chi connectivity index (χ0) is 14.7. The second kappa shape index (κ2) is 6.18. The maximum atomic E-state index is 12.0. The summed E-state index contributed by atoms with van der Waals surface area (Å²) >= 11 is 2.08. The van der Waals surface area contributed by atoms with Gasteiger partial charge in [0.15, 0.2) is 0 Å². The Kier molecular flexibility index (Phi) is 5.33. The van der Waals surface area contributed by atoms with Gasteiger partial charge < -0.3 is 0 Å². The average molecular weight is 407 g/mol. The molecule has 0 aliphatic rings. The summed E-state index contributed by atoms with van der Waals surface area (Å²) in [6.45, 7) is 1.15. The lowest BCUT2D eigenvalue weighted by atomic mass is 10.2. The van der Waals surface area contributed by atoms with E-state index < -0.39 is 22.2 Å². The fourth-order valence-electron chi connectivity index (χ4n) is 1.02. The Balaban J connectivity index is 2.73. The first-order valence-electron chi connectivity index (χ1n) is 4.86. The number of hydrogen-bond acceptors (Lipinski definition) is 4. The van der Waals surface area contributed by atoms with Crippen LogP contribution < -0.4 is 0 Å². The number of hydrogen-bond donors (Lipinski definition) is 0. The molecule has 1 heterocycles. The van der Waals surface area contributed by atoms with Crippen LogP contribution >= 0.6 is 22.6 Å². The topological polar surface area (TPSA) is 56.3 Å². The second-order valence-electron chi connectivity index (χ2n) is 3.48. The Morgan fingerprint density at radius 2 is 2.11 bits per heavy atom. The molecule has 9 heteroatoms. The number of halogens is 4. The summed E-state index contributed by atoms with van der Waals surface area (Å²) in [7, 11) is -5.57. The van der Waals surface area contributed by atoms with Gasteiger partial charge in [0.2, 0.25) is 0 Å². The van der Waals surface area contributed by atoms with Gasteiger partial charge in [0, 0.05) is 6.20 Å². The van der Waals surface area contributed by atoms with Crippen molar-refractivity contribution < 1.29 is 25.8 Å². The van der Waals surface area contributed by atoms with Crippen molar-refractivity contribution in [2.45, 2.75) is 19.0 Å². The summed E-state index contributed by atoms with van der Waals surface area (Å²) in [5.74, 6) is 0. The van der Waals surface area contributed by atoms with Gasteiger partial charge in [0.25, 0.3) is 0 Å². The van der Waals surface area contributed by atoms with Crippen LogP contribution in [-0.2, 0) is 20.9 Å². The molecular formula is C10H9F3INO3S. The van der Waals surface area contributed by atoms with E-state index in [9.17, 15) is 21.6 Å². The van der Waals surface area contributed by atoms with Crippen LogP contribution in [0.2, 0.25) is 0 Å². The van der Waals surface area contributed by atoms with Gasteiger partial charge in [-0.1, -0.05) is 6.07 Å². The molecule has 4 nitrogen and oxygen atoms in total. The second-order valence-corrected chi connectivity index (χ2v) is 6.79. The molecule has 0 aliphatic carbocycles. The minimum Gasteiger partial charge on any atom is -0.258 e. The third-order valence-electron chi connectivity index (χ3n) is 1.86. The molecule has 0 saturated heterocycles. The molecule has 0 N–H and O–H groups in total. The summed E-state index contributed by atoms with van der Waals surface area (Å²) in [5, 5.41) is 0. The molecule has 1 aromatic rings. The number of allylic oxidation sites excluding steroid dienone is 1. The number of nitrogens with zero attached hydrogens (tertiary/aromatic N) is 1. The first kappa shape index (κ1) is 16.4. The molecule has 1 rings (SSSR count). The van der Waals surface area contributed by atoms with Crippen molar-refractivity contribution in [1.29, 1.82) is 0 Å². The van der Waals surface area contributed by atoms with Crippen LogP contribution in [0.25, 0.3) is 6.08 Å². The van der Waals surface area contributed by atoms with E-state index in [1.807, 2.05) is 6.92 Å². The minimum absolute atomic E-state index is 0.232. The Bertz CT molecular complexity index is 563. The largest absolute Gasteiger partial charge is 0.523 e. The zero-order valence-electron chi connectivity index (χ0n) is 9.61. The van der Waals surface area contributed by atoms with Crippen molar-refractivity contribution in [2.24, 2.45) is 0 Å². The number of rotatable bonds is 4. The van der Waals surface area contributed by atoms with Crippen LogP contribution in [-0.4, -0.2) is 18.9 Å². The van der Waals surface area contributed by atoms with Crippen molar-refractivity contribution in [2.75, 3.05) is 0 Å². The van der Waals surface area contributed by atoms with E-state index in [1.165, 1.54) is 12.3 Å². The Morgan fingerprint density at radius 3 is 2.53 bits per heavy atom. The van der Waals surface area contributed by atoms with Gasteiger partial charge in [-0.05, 0) is 50.8 Å². The van der Waals surface area contributed by atoms with Gasteiger partial charge in [-0.15, -0.1) is 0 Å². The van der Waals surface area contributed by atoms with E-state index in [0.29, 0.717) is 5.69 Å². The third-order valence-corrected chi connectivity index (χ3v) is 3.17. The van der Waals surface area contributed by atoms with Gasteiger partial charge in [-0.3, -0.25) is 9.17 Å². The molecule has 0 atom stereocenters. The average Bonchev–Trinajstić information content (AvgIpc) is 2.26. The van der Waals surface area contributed by atoms with Crippen LogP contribution in [0.15, 0.2) is 21.9 Å². The molecule has 0 saturated carbocycles. The van der Waals surface area contributed by atoms with Gasteiger partial charge in [-0.25, -0.2) is 0 Å². The normalized spacial score (nSPS) is 13.6. The van der Waals surface area contributed by atoms with Crippen LogP contribution in [0, 0.1) is 0 Å². The predicted octanol–water partition coefficient (Wildman–Crippen LogP) is 3.24. The van der Waals surface area contributed by atoms with Crippen molar-refractivity contribution >= 4 is 38.8 Å². The molecule has 0 aromatic carbocycles. The molecule has 0 unspecified atom stereocenters. The fraction of sp³-hybridized carbons (Fsp3) is 0.300. The highest BCUT2D eigenvalue weighted by molar-refractivity contribution is 14.1. The molecular weight excluding hydrogens is 398 g/mol. The van der Waals surface area contributed by atoms with E-state index in [1.54, 1.807) is 12.1 Å². The van der Waals surface area contributed by atoms with Crippen molar-refractivity contribution in [1.82, 2.24) is 4.98 Å². The van der Waals surface area contributed by atoms with Crippen LogP contribution in [0.1, 0.15) is 18.2 Å². The number of aromatic nitrogens is 1. The van der Waals surface area contributed by atoms with Crippen molar-refractivity contribution in [3.8, 4) is 0 Å². The van der Waals surface area contributed by atoms with Crippen molar-refractivity contribution in [3.05, 3.63) is 33.2 Å². The summed E-state index contributed by atoms with van der Waals surface area (Å²) in [4.78, 5) is 3.94. The molecule has 0 bridgehead atoms. The van der Waals surface area contributed by atoms with E-state index in [-0.39, 0.29) is 5.56 Å². The first-order valence-corrected chi connectivity index (χ1v) is 7.35. The highest BCUT2D eigenvalue weighted by atomic mass is 127. The van der Waals surface area contributed by atoms with Gasteiger partial charge in [-0.2, -0.15) is 21.6 Å². The summed E-state index contributed by atoms with van der Waals surface area (Å²) in [6.07, 6.45) is 3.02. The summed E-state index contributed by atoms with van der Waals surface area (Å²) < 4.78 is 62.2. The summed E-state index contributed by atoms with van der Waals surface area (Å²) in [6, 6.07) is 3.01. The van der Waals surface area contributed by atoms with Crippen LogP contribution in [0.4, 0.5) is 13.2 Å². The minimum atomic E-state index is -5.57. The highest BCUT2D eigenvalue weighted by Crippen LogP contribution is 2.25. The van der Waals surface area contributed by atoms with E-state index in [0.717, 1.165) is 3.58 Å². The maximum Gasteiger partial charge on any atom is 0.523 e. The Hall–Kier alpha value is -0.680. The third kappa shape index (κ3) is 5.07. The standard InChI is InChI=1S/C10H9F3INO3S/c1-7(14)4-9-3-2-8(5-15-9)6-18-19(16,17)10(11,12)13/h2-5H,6H2,1H3/b7-4+. The first-order chi connectivity index (χ1) is 8.62. The van der Waals surface area contributed by atoms with Gasteiger partial charge >= 0.3 is 15.6 Å². The summed E-state index contributed by atoms with van der Waals surface area (Å²) in [5.41, 5.74) is -4.56. The lowest BCUT2D eigenvalue weighted by Gasteiger charge is -2.08. The predicted molar refractivity (Wildman–Crippen MR) is 71.7 cm³/mol. The quantitative estimate of drug-likeness (QED) is 0.437. The molecule has 0 spiro atoms. The van der Waals surface area contributed by atoms with Gasteiger partial charge in [0.1, 0.15) is 0 Å². The van der Waals surface area contributed by atoms with Crippen LogP contribution in [0.3, 0.4) is 0 Å². The molecule has 0 aliphatic heterocycles. The van der Waals surface area contributed by atoms with E-state index in [2.05, 4.69) is 31.8 Å². The van der Waals surface area contributed by atoms with Crippen LogP contribution in [0.5, 0.6) is 0 Å². The highest BCUT2D eigenvalue weighted by Gasteiger charge is 2.47. The lowest BCUT2D eigenvalue weighted by molar-refractivity contribution is -0.0547. The van der Waals surface area contributed by atoms with Crippen molar-refractivity contribution in [3.63, 3.8) is 0 Å². The molecule has 19 heavy (non-hydrogen) atoms. The smallest absolute Gasteiger partial charge is 0.258 e. The van der Waals surface area contributed by atoms with E-state index in [4.69, 9.17) is 0 Å². The number of pyridine rings is 1. The number of alkyl halides is 3. The Morgan fingerprint density at radius 1 is 1.47 bits per heavy atom. The van der Waals surface area contributed by atoms with Gasteiger partial charge in [0.05, 0.1) is 12.3 Å². The molecule has 0 fully saturated rings. The SMILES string of the molecule is C/C(I)=C\c1ccc(COS(=O)(=O)C(F)(F)F)cn1. The van der Waals surface area contributed by atoms with E-state index >= 15 is 0 Å². The molecule has 1 aromatic heterocycles. The fourth-order valence-corrected chi connectivity index (χ4v) is 1.77. The molecule has 0 amide bonds. The zero-order valence-corrected chi connectivity index (χ0v) is 12.6. The lowest BCUT2D eigenvalue weighted by Crippen LogP contribution is -2.25. The Labute approximate surface area is 121 Å². The monoisotopic (exact) mass is 407 g/mol. The molecule has 106 valence electrons. The molecule has 0 radical (unpaired) electrons. The maximum absolute atomic E-state index is 12.0.